The van der Waals surface area contributed by atoms with Gasteiger partial charge in [0.25, 0.3) is 0 Å². The van der Waals surface area contributed by atoms with Gasteiger partial charge in [0.2, 0.25) is 0 Å². The first-order valence-electron chi connectivity index (χ1n) is 8.96. The average molecular weight is 333 g/mol. The highest BCUT2D eigenvalue weighted by Gasteiger charge is 2.33. The zero-order valence-corrected chi connectivity index (χ0v) is 15.0. The van der Waals surface area contributed by atoms with Crippen LogP contribution in [0.4, 0.5) is 0 Å². The molecule has 1 aromatic rings. The number of rotatable bonds is 8. The highest BCUT2D eigenvalue weighted by atomic mass is 16.5. The third-order valence-electron chi connectivity index (χ3n) is 4.81. The van der Waals surface area contributed by atoms with E-state index in [9.17, 15) is 5.11 Å². The van der Waals surface area contributed by atoms with Crippen LogP contribution >= 0.6 is 0 Å². The summed E-state index contributed by atoms with van der Waals surface area (Å²) in [5.74, 6) is 1.12. The Labute approximate surface area is 145 Å². The number of guanidine groups is 1. The van der Waals surface area contributed by atoms with Gasteiger partial charge in [0.1, 0.15) is 5.75 Å². The molecule has 1 saturated carbocycles. The van der Waals surface area contributed by atoms with Crippen molar-refractivity contribution >= 4 is 5.96 Å². The van der Waals surface area contributed by atoms with E-state index in [2.05, 4.69) is 22.5 Å². The van der Waals surface area contributed by atoms with E-state index in [1.165, 1.54) is 25.7 Å². The van der Waals surface area contributed by atoms with Crippen molar-refractivity contribution in [3.05, 3.63) is 29.8 Å². The Morgan fingerprint density at radius 2 is 2.08 bits per heavy atom. The summed E-state index contributed by atoms with van der Waals surface area (Å²) in [6.07, 6.45) is 6.23. The van der Waals surface area contributed by atoms with Gasteiger partial charge in [-0.1, -0.05) is 25.0 Å². The summed E-state index contributed by atoms with van der Waals surface area (Å²) in [5.41, 5.74) is 1.33. The molecule has 0 unspecified atom stereocenters. The number of methoxy groups -OCH3 is 1. The molecule has 0 aromatic heterocycles. The Kier molecular flexibility index (Phi) is 7.37. The van der Waals surface area contributed by atoms with Gasteiger partial charge in [-0.15, -0.1) is 0 Å². The highest BCUT2D eigenvalue weighted by Crippen LogP contribution is 2.40. The Morgan fingerprint density at radius 3 is 2.75 bits per heavy atom. The second-order valence-electron chi connectivity index (χ2n) is 6.67. The first-order chi connectivity index (χ1) is 11.7. The molecular formula is C19H31N3O2. The number of aliphatic imine (C=N–C) groups is 1. The Morgan fingerprint density at radius 1 is 1.29 bits per heavy atom. The SMILES string of the molecule is CCNC(=NCc1cccc(O)c1)NCC1(CCOC)CCCC1. The molecule has 3 N–H and O–H groups in total. The second-order valence-corrected chi connectivity index (χ2v) is 6.67. The fraction of sp³-hybridized carbons (Fsp3) is 0.632. The molecule has 0 heterocycles. The maximum Gasteiger partial charge on any atom is 0.191 e. The van der Waals surface area contributed by atoms with E-state index < -0.39 is 0 Å². The number of benzene rings is 1. The van der Waals surface area contributed by atoms with E-state index in [4.69, 9.17) is 4.74 Å². The third-order valence-corrected chi connectivity index (χ3v) is 4.81. The molecule has 1 aliphatic rings. The van der Waals surface area contributed by atoms with Crippen molar-refractivity contribution in [3.8, 4) is 5.75 Å². The van der Waals surface area contributed by atoms with Crippen LogP contribution in [0.25, 0.3) is 0 Å². The molecule has 24 heavy (non-hydrogen) atoms. The zero-order valence-electron chi connectivity index (χ0n) is 15.0. The summed E-state index contributed by atoms with van der Waals surface area (Å²) in [4.78, 5) is 4.65. The summed E-state index contributed by atoms with van der Waals surface area (Å²) in [7, 11) is 1.77. The first kappa shape index (κ1) is 18.6. The van der Waals surface area contributed by atoms with Crippen molar-refractivity contribution in [3.63, 3.8) is 0 Å². The molecule has 0 radical (unpaired) electrons. The standard InChI is InChI=1S/C19H31N3O2/c1-3-20-18(21-14-16-7-6-8-17(23)13-16)22-15-19(11-12-24-2)9-4-5-10-19/h6-8,13,23H,3-5,9-12,14-15H2,1-2H3,(H2,20,21,22). The number of phenols is 1. The normalized spacial score (nSPS) is 17.0. The maximum absolute atomic E-state index is 9.55. The van der Waals surface area contributed by atoms with Gasteiger partial charge >= 0.3 is 0 Å². The number of nitrogens with zero attached hydrogens (tertiary/aromatic N) is 1. The molecular weight excluding hydrogens is 302 g/mol. The topological polar surface area (TPSA) is 65.9 Å². The summed E-state index contributed by atoms with van der Waals surface area (Å²) in [6, 6.07) is 7.25. The van der Waals surface area contributed by atoms with Crippen LogP contribution in [0.15, 0.2) is 29.3 Å². The van der Waals surface area contributed by atoms with Crippen LogP contribution in [0, 0.1) is 5.41 Å². The highest BCUT2D eigenvalue weighted by molar-refractivity contribution is 5.79. The van der Waals surface area contributed by atoms with Crippen molar-refractivity contribution < 1.29 is 9.84 Å². The lowest BCUT2D eigenvalue weighted by atomic mass is 9.83. The number of aromatic hydroxyl groups is 1. The van der Waals surface area contributed by atoms with E-state index >= 15 is 0 Å². The third kappa shape index (κ3) is 5.71. The average Bonchev–Trinajstić information content (AvgIpc) is 3.05. The van der Waals surface area contributed by atoms with Gasteiger partial charge in [-0.05, 0) is 49.3 Å². The second kappa shape index (κ2) is 9.52. The molecule has 1 fully saturated rings. The largest absolute Gasteiger partial charge is 0.508 e. The molecule has 0 saturated heterocycles. The van der Waals surface area contributed by atoms with Gasteiger partial charge in [-0.2, -0.15) is 0 Å². The van der Waals surface area contributed by atoms with Crippen molar-refractivity contribution in [2.75, 3.05) is 26.8 Å². The van der Waals surface area contributed by atoms with E-state index in [1.54, 1.807) is 19.2 Å². The molecule has 0 atom stereocenters. The van der Waals surface area contributed by atoms with Crippen molar-refractivity contribution in [1.82, 2.24) is 10.6 Å². The Balaban J connectivity index is 1.95. The van der Waals surface area contributed by atoms with E-state index in [-0.39, 0.29) is 5.75 Å². The van der Waals surface area contributed by atoms with Crippen molar-refractivity contribution in [2.45, 2.75) is 45.6 Å². The van der Waals surface area contributed by atoms with Crippen LogP contribution in [0.2, 0.25) is 0 Å². The van der Waals surface area contributed by atoms with Gasteiger partial charge in [0, 0.05) is 26.8 Å². The zero-order chi connectivity index (χ0) is 17.3. The number of nitrogens with one attached hydrogen (secondary N) is 2. The minimum atomic E-state index is 0.283. The Bertz CT molecular complexity index is 525. The maximum atomic E-state index is 9.55. The van der Waals surface area contributed by atoms with Crippen LogP contribution in [0.1, 0.15) is 44.6 Å². The molecule has 5 nitrogen and oxygen atoms in total. The lowest BCUT2D eigenvalue weighted by Gasteiger charge is -2.30. The molecule has 2 rings (SSSR count). The molecule has 0 bridgehead atoms. The lowest BCUT2D eigenvalue weighted by molar-refractivity contribution is 0.138. The van der Waals surface area contributed by atoms with Crippen molar-refractivity contribution in [2.24, 2.45) is 10.4 Å². The van der Waals surface area contributed by atoms with Gasteiger partial charge in [-0.25, -0.2) is 4.99 Å². The predicted molar refractivity (Wildman–Crippen MR) is 98.3 cm³/mol. The molecule has 134 valence electrons. The summed E-state index contributed by atoms with van der Waals surface area (Å²) in [6.45, 7) is 5.20. The van der Waals surface area contributed by atoms with Crippen molar-refractivity contribution in [1.29, 1.82) is 0 Å². The quantitative estimate of drug-likeness (QED) is 0.505. The van der Waals surface area contributed by atoms with E-state index in [1.807, 2.05) is 12.1 Å². The predicted octanol–water partition coefficient (Wildman–Crippen LogP) is 3.04. The van der Waals surface area contributed by atoms with E-state index in [0.29, 0.717) is 12.0 Å². The number of phenolic OH excluding ortho intramolecular Hbond substituents is 1. The van der Waals surface area contributed by atoms with Crippen LogP contribution in [-0.2, 0) is 11.3 Å². The molecule has 0 amide bonds. The van der Waals surface area contributed by atoms with Gasteiger partial charge < -0.3 is 20.5 Å². The molecule has 1 aliphatic carbocycles. The van der Waals surface area contributed by atoms with E-state index in [0.717, 1.165) is 37.6 Å². The summed E-state index contributed by atoms with van der Waals surface area (Å²) >= 11 is 0. The van der Waals surface area contributed by atoms with Gasteiger partial charge in [-0.3, -0.25) is 0 Å². The minimum absolute atomic E-state index is 0.283. The smallest absolute Gasteiger partial charge is 0.191 e. The molecule has 0 spiro atoms. The summed E-state index contributed by atoms with van der Waals surface area (Å²) < 4.78 is 5.30. The lowest BCUT2D eigenvalue weighted by Crippen LogP contribution is -2.43. The fourth-order valence-electron chi connectivity index (χ4n) is 3.40. The van der Waals surface area contributed by atoms with Gasteiger partial charge in [0.15, 0.2) is 5.96 Å². The summed E-state index contributed by atoms with van der Waals surface area (Å²) in [5, 5.41) is 16.4. The minimum Gasteiger partial charge on any atom is -0.508 e. The molecule has 0 aliphatic heterocycles. The molecule has 1 aromatic carbocycles. The van der Waals surface area contributed by atoms with Crippen LogP contribution in [-0.4, -0.2) is 37.9 Å². The molecule has 5 heteroatoms. The monoisotopic (exact) mass is 333 g/mol. The van der Waals surface area contributed by atoms with Crippen LogP contribution in [0.3, 0.4) is 0 Å². The van der Waals surface area contributed by atoms with Gasteiger partial charge in [0.05, 0.1) is 6.54 Å². The Hall–Kier alpha value is -1.75. The number of ether oxygens (including phenoxy) is 1. The number of hydrogen-bond donors (Lipinski definition) is 3. The number of hydrogen-bond acceptors (Lipinski definition) is 3. The van der Waals surface area contributed by atoms with Crippen LogP contribution in [0.5, 0.6) is 5.75 Å². The fourth-order valence-corrected chi connectivity index (χ4v) is 3.40. The van der Waals surface area contributed by atoms with Crippen LogP contribution < -0.4 is 10.6 Å². The first-order valence-corrected chi connectivity index (χ1v) is 8.96.